The molecule has 8 heteroatoms. The van der Waals surface area contributed by atoms with Crippen molar-refractivity contribution in [1.82, 2.24) is 4.72 Å². The number of ether oxygens (including phenoxy) is 1. The van der Waals surface area contributed by atoms with Crippen molar-refractivity contribution in [2.45, 2.75) is 35.0 Å². The number of nitrogens with one attached hydrogen (secondary N) is 1. The molecule has 0 bridgehead atoms. The van der Waals surface area contributed by atoms with Crippen LogP contribution in [0.1, 0.15) is 18.1 Å². The molecule has 31 heavy (non-hydrogen) atoms. The van der Waals surface area contributed by atoms with Crippen molar-refractivity contribution in [2.24, 2.45) is 0 Å². The molecular formula is C23H25NO5S2. The lowest BCUT2D eigenvalue weighted by atomic mass is 10.1. The number of sulfonamides is 1. The molecule has 3 aromatic carbocycles. The molecular weight excluding hydrogens is 434 g/mol. The molecule has 1 N–H and O–H groups in total. The number of hydrogen-bond donors (Lipinski definition) is 1. The Labute approximate surface area is 183 Å². The Hall–Kier alpha value is -2.68. The van der Waals surface area contributed by atoms with Gasteiger partial charge in [-0.15, -0.1) is 0 Å². The SMILES string of the molecule is CCOc1ccc(CCNS(=O)(=O)c2cc(S(=O)(=O)c3ccccc3)ccc2C)cc1. The molecule has 0 aliphatic rings. The Balaban J connectivity index is 1.77. The Morgan fingerprint density at radius 2 is 1.52 bits per heavy atom. The Bertz CT molecular complexity index is 1240. The third-order valence-electron chi connectivity index (χ3n) is 4.75. The first-order valence-corrected chi connectivity index (χ1v) is 12.8. The van der Waals surface area contributed by atoms with Crippen LogP contribution in [-0.4, -0.2) is 30.0 Å². The lowest BCUT2D eigenvalue weighted by molar-refractivity contribution is 0.340. The fourth-order valence-electron chi connectivity index (χ4n) is 3.10. The quantitative estimate of drug-likeness (QED) is 0.526. The smallest absolute Gasteiger partial charge is 0.240 e. The van der Waals surface area contributed by atoms with Gasteiger partial charge in [-0.1, -0.05) is 36.4 Å². The van der Waals surface area contributed by atoms with Gasteiger partial charge in [0.2, 0.25) is 19.9 Å². The lowest BCUT2D eigenvalue weighted by Crippen LogP contribution is -2.27. The van der Waals surface area contributed by atoms with Gasteiger partial charge in [-0.05, 0) is 67.8 Å². The molecule has 0 saturated carbocycles. The topological polar surface area (TPSA) is 89.5 Å². The second-order valence-electron chi connectivity index (χ2n) is 6.97. The summed E-state index contributed by atoms with van der Waals surface area (Å²) < 4.78 is 59.5. The number of sulfone groups is 1. The molecule has 0 radical (unpaired) electrons. The number of rotatable bonds is 9. The van der Waals surface area contributed by atoms with Crippen molar-refractivity contribution in [3.63, 3.8) is 0 Å². The van der Waals surface area contributed by atoms with E-state index in [2.05, 4.69) is 4.72 Å². The minimum absolute atomic E-state index is 0.0452. The van der Waals surface area contributed by atoms with Gasteiger partial charge >= 0.3 is 0 Å². The maximum absolute atomic E-state index is 12.9. The molecule has 0 unspecified atom stereocenters. The minimum Gasteiger partial charge on any atom is -0.494 e. The summed E-state index contributed by atoms with van der Waals surface area (Å²) >= 11 is 0. The average molecular weight is 460 g/mol. The summed E-state index contributed by atoms with van der Waals surface area (Å²) in [5.41, 5.74) is 1.43. The molecule has 3 aromatic rings. The monoisotopic (exact) mass is 459 g/mol. The summed E-state index contributed by atoms with van der Waals surface area (Å²) in [4.78, 5) is 0.0121. The highest BCUT2D eigenvalue weighted by atomic mass is 32.2. The van der Waals surface area contributed by atoms with Crippen LogP contribution in [0.15, 0.2) is 87.5 Å². The van der Waals surface area contributed by atoms with Crippen LogP contribution in [0.5, 0.6) is 5.75 Å². The fourth-order valence-corrected chi connectivity index (χ4v) is 5.78. The molecule has 0 aliphatic carbocycles. The lowest BCUT2D eigenvalue weighted by Gasteiger charge is -2.12. The van der Waals surface area contributed by atoms with Gasteiger partial charge in [-0.2, -0.15) is 0 Å². The predicted octanol–water partition coefficient (Wildman–Crippen LogP) is 3.75. The van der Waals surface area contributed by atoms with Gasteiger partial charge in [-0.25, -0.2) is 21.6 Å². The first-order valence-electron chi connectivity index (χ1n) is 9.86. The van der Waals surface area contributed by atoms with E-state index in [0.29, 0.717) is 18.6 Å². The molecule has 0 aliphatic heterocycles. The Kier molecular flexibility index (Phi) is 7.15. The molecule has 0 saturated heterocycles. The van der Waals surface area contributed by atoms with Gasteiger partial charge in [0.25, 0.3) is 0 Å². The van der Waals surface area contributed by atoms with Gasteiger partial charge < -0.3 is 4.74 Å². The van der Waals surface area contributed by atoms with Crippen LogP contribution in [0, 0.1) is 6.92 Å². The highest BCUT2D eigenvalue weighted by Crippen LogP contribution is 2.25. The first-order chi connectivity index (χ1) is 14.7. The maximum Gasteiger partial charge on any atom is 0.240 e. The van der Waals surface area contributed by atoms with E-state index in [1.54, 1.807) is 25.1 Å². The Morgan fingerprint density at radius 1 is 0.839 bits per heavy atom. The second kappa shape index (κ2) is 9.64. The van der Waals surface area contributed by atoms with E-state index in [9.17, 15) is 16.8 Å². The van der Waals surface area contributed by atoms with Crippen molar-refractivity contribution in [2.75, 3.05) is 13.2 Å². The van der Waals surface area contributed by atoms with Crippen molar-refractivity contribution >= 4 is 19.9 Å². The normalized spacial score (nSPS) is 11.9. The van der Waals surface area contributed by atoms with Crippen molar-refractivity contribution in [1.29, 1.82) is 0 Å². The largest absolute Gasteiger partial charge is 0.494 e. The van der Waals surface area contributed by atoms with E-state index < -0.39 is 19.9 Å². The average Bonchev–Trinajstić information content (AvgIpc) is 2.76. The molecule has 3 rings (SSSR count). The summed E-state index contributed by atoms with van der Waals surface area (Å²) in [7, 11) is -7.70. The van der Waals surface area contributed by atoms with Crippen molar-refractivity contribution in [3.05, 3.63) is 83.9 Å². The third kappa shape index (κ3) is 5.52. The molecule has 0 atom stereocenters. The second-order valence-corrected chi connectivity index (χ2v) is 10.7. The fraction of sp³-hybridized carbons (Fsp3) is 0.217. The van der Waals surface area contributed by atoms with Gasteiger partial charge in [0.1, 0.15) is 5.75 Å². The van der Waals surface area contributed by atoms with Crippen LogP contribution < -0.4 is 9.46 Å². The van der Waals surface area contributed by atoms with Crippen molar-refractivity contribution in [3.8, 4) is 5.75 Å². The summed E-state index contributed by atoms with van der Waals surface area (Å²) in [6.45, 7) is 4.31. The van der Waals surface area contributed by atoms with E-state index in [-0.39, 0.29) is 21.2 Å². The summed E-state index contributed by atoms with van der Waals surface area (Å²) in [5, 5.41) is 0. The van der Waals surface area contributed by atoms with E-state index in [0.717, 1.165) is 11.3 Å². The Morgan fingerprint density at radius 3 is 2.16 bits per heavy atom. The van der Waals surface area contributed by atoms with Crippen LogP contribution in [0.25, 0.3) is 0 Å². The maximum atomic E-state index is 12.9. The van der Waals surface area contributed by atoms with Crippen LogP contribution in [0.4, 0.5) is 0 Å². The zero-order valence-corrected chi connectivity index (χ0v) is 19.0. The van der Waals surface area contributed by atoms with E-state index in [1.807, 2.05) is 31.2 Å². The molecule has 6 nitrogen and oxygen atoms in total. The first kappa shape index (κ1) is 23.0. The minimum atomic E-state index is -3.88. The van der Waals surface area contributed by atoms with Crippen LogP contribution in [-0.2, 0) is 26.3 Å². The molecule has 0 heterocycles. The predicted molar refractivity (Wildman–Crippen MR) is 120 cm³/mol. The summed E-state index contributed by atoms with van der Waals surface area (Å²) in [6, 6.07) is 19.6. The third-order valence-corrected chi connectivity index (χ3v) is 8.12. The number of hydrogen-bond acceptors (Lipinski definition) is 5. The highest BCUT2D eigenvalue weighted by molar-refractivity contribution is 7.91. The van der Waals surface area contributed by atoms with Gasteiger partial charge in [-0.3, -0.25) is 0 Å². The molecule has 164 valence electrons. The summed E-state index contributed by atoms with van der Waals surface area (Å²) in [6.07, 6.45) is 0.493. The van der Waals surface area contributed by atoms with Crippen LogP contribution in [0.2, 0.25) is 0 Å². The van der Waals surface area contributed by atoms with Crippen molar-refractivity contribution < 1.29 is 21.6 Å². The van der Waals surface area contributed by atoms with Gasteiger partial charge in [0.15, 0.2) is 0 Å². The molecule has 0 fully saturated rings. The molecule has 0 amide bonds. The van der Waals surface area contributed by atoms with Crippen LogP contribution in [0.3, 0.4) is 0 Å². The van der Waals surface area contributed by atoms with Crippen LogP contribution >= 0.6 is 0 Å². The zero-order chi connectivity index (χ0) is 22.5. The van der Waals surface area contributed by atoms with Gasteiger partial charge in [0, 0.05) is 6.54 Å². The summed E-state index contributed by atoms with van der Waals surface area (Å²) in [5.74, 6) is 0.763. The number of benzene rings is 3. The van der Waals surface area contributed by atoms with E-state index in [4.69, 9.17) is 4.74 Å². The highest BCUT2D eigenvalue weighted by Gasteiger charge is 2.23. The van der Waals surface area contributed by atoms with Gasteiger partial charge in [0.05, 0.1) is 21.3 Å². The van der Waals surface area contributed by atoms with E-state index in [1.165, 1.54) is 30.3 Å². The van der Waals surface area contributed by atoms with E-state index >= 15 is 0 Å². The standard InChI is InChI=1S/C23H25NO5S2/c1-3-29-20-12-10-19(11-13-20)15-16-24-31(27,28)23-17-22(14-9-18(23)2)30(25,26)21-7-5-4-6-8-21/h4-14,17,24H,3,15-16H2,1-2H3. The molecule has 0 spiro atoms. The zero-order valence-electron chi connectivity index (χ0n) is 17.4. The number of aryl methyl sites for hydroxylation is 1. The molecule has 0 aromatic heterocycles.